The Morgan fingerprint density at radius 3 is 1.85 bits per heavy atom. The average Bonchev–Trinajstić information content (AvgIpc) is 2.46. The van der Waals surface area contributed by atoms with E-state index in [1.54, 1.807) is 24.3 Å². The summed E-state index contributed by atoms with van der Waals surface area (Å²) < 4.78 is 0. The normalized spacial score (nSPS) is 8.85. The Morgan fingerprint density at radius 1 is 1.00 bits per heavy atom. The molecule has 0 saturated carbocycles. The number of hydrogen-bond acceptors (Lipinski definition) is 2. The summed E-state index contributed by atoms with van der Waals surface area (Å²) in [6, 6.07) is 17.0. The van der Waals surface area contributed by atoms with Crippen LogP contribution in [0.4, 0.5) is 0 Å². The summed E-state index contributed by atoms with van der Waals surface area (Å²) in [5.74, 6) is 5.49. The van der Waals surface area contributed by atoms with Gasteiger partial charge in [0.2, 0.25) is 0 Å². The molecule has 1 amide bonds. The summed E-state index contributed by atoms with van der Waals surface area (Å²) in [6.45, 7) is 7.69. The van der Waals surface area contributed by atoms with Crippen LogP contribution < -0.4 is 5.84 Å². The molecule has 26 heavy (non-hydrogen) atoms. The molecular weight excluding hydrogens is 406 g/mol. The third kappa shape index (κ3) is 12.2. The van der Waals surface area contributed by atoms with Crippen molar-refractivity contribution >= 4 is 71.9 Å². The first-order valence-electron chi connectivity index (χ1n) is 7.08. The van der Waals surface area contributed by atoms with Crippen molar-refractivity contribution in [3.05, 3.63) is 70.7 Å². The standard InChI is InChI=1S/C11H15ClN2O.C7H8.2ClH.Na.H2O.H/c1-11(2,3)14(13)10(15)8-5-4-6-9(12)7-8;1-7-5-3-2-4-6-7;;;;;/h4-7H,13H2,1-3H3;2-6H,1H3;2*1H;;1H2;. The first kappa shape index (κ1) is 33.3. The van der Waals surface area contributed by atoms with Gasteiger partial charge in [0.25, 0.3) is 5.91 Å². The molecule has 0 saturated heterocycles. The van der Waals surface area contributed by atoms with Gasteiger partial charge in [-0.3, -0.25) is 9.80 Å². The molecule has 0 heterocycles. The van der Waals surface area contributed by atoms with Crippen LogP contribution in [0.25, 0.3) is 0 Å². The van der Waals surface area contributed by atoms with Crippen LogP contribution in [-0.2, 0) is 0 Å². The quantitative estimate of drug-likeness (QED) is 0.321. The van der Waals surface area contributed by atoms with Crippen molar-refractivity contribution in [2.45, 2.75) is 33.2 Å². The molecule has 0 unspecified atom stereocenters. The summed E-state index contributed by atoms with van der Waals surface area (Å²) in [5.41, 5.74) is 1.42. The fourth-order valence-corrected chi connectivity index (χ4v) is 1.79. The van der Waals surface area contributed by atoms with E-state index in [0.29, 0.717) is 10.6 Å². The fraction of sp³-hybridized carbons (Fsp3) is 0.278. The fourth-order valence-electron chi connectivity index (χ4n) is 1.60. The number of amides is 1. The SMILES string of the molecule is CC(C)(C)N(N)C(=O)c1cccc(Cl)c1.Cc1ccccc1.Cl.Cl.O.[NaH]. The van der Waals surface area contributed by atoms with E-state index in [0.717, 1.165) is 0 Å². The van der Waals surface area contributed by atoms with Crippen LogP contribution in [0.2, 0.25) is 5.02 Å². The zero-order valence-electron chi connectivity index (χ0n) is 14.8. The molecule has 0 aliphatic carbocycles. The summed E-state index contributed by atoms with van der Waals surface area (Å²) in [5, 5.41) is 1.74. The molecule has 0 aliphatic rings. The Labute approximate surface area is 195 Å². The number of nitrogens with two attached hydrogens (primary N) is 1. The van der Waals surface area contributed by atoms with Crippen LogP contribution in [0.15, 0.2) is 54.6 Å². The predicted molar refractivity (Wildman–Crippen MR) is 118 cm³/mol. The number of rotatable bonds is 1. The van der Waals surface area contributed by atoms with Crippen molar-refractivity contribution in [2.24, 2.45) is 5.84 Å². The van der Waals surface area contributed by atoms with Gasteiger partial charge in [0.1, 0.15) is 0 Å². The van der Waals surface area contributed by atoms with Crippen molar-refractivity contribution in [1.82, 2.24) is 5.01 Å². The van der Waals surface area contributed by atoms with E-state index >= 15 is 0 Å². The van der Waals surface area contributed by atoms with E-state index in [2.05, 4.69) is 19.1 Å². The van der Waals surface area contributed by atoms with Gasteiger partial charge in [0.05, 0.1) is 5.54 Å². The van der Waals surface area contributed by atoms with Crippen molar-refractivity contribution in [1.29, 1.82) is 0 Å². The molecule has 0 aromatic heterocycles. The molecule has 2 aromatic carbocycles. The van der Waals surface area contributed by atoms with Crippen LogP contribution in [0.1, 0.15) is 36.7 Å². The maximum absolute atomic E-state index is 11.9. The number of hydrazine groups is 1. The van der Waals surface area contributed by atoms with E-state index in [1.807, 2.05) is 39.0 Å². The Morgan fingerprint density at radius 2 is 1.50 bits per heavy atom. The molecule has 0 fully saturated rings. The van der Waals surface area contributed by atoms with Gasteiger partial charge in [-0.2, -0.15) is 0 Å². The Balaban J connectivity index is -0.000000191. The van der Waals surface area contributed by atoms with E-state index in [9.17, 15) is 4.79 Å². The molecule has 0 aliphatic heterocycles. The zero-order valence-corrected chi connectivity index (χ0v) is 17.2. The topological polar surface area (TPSA) is 77.8 Å². The van der Waals surface area contributed by atoms with Gasteiger partial charge in [-0.15, -0.1) is 24.8 Å². The number of halogens is 3. The number of benzene rings is 2. The van der Waals surface area contributed by atoms with Gasteiger partial charge in [0, 0.05) is 10.6 Å². The van der Waals surface area contributed by atoms with Gasteiger partial charge < -0.3 is 5.48 Å². The van der Waals surface area contributed by atoms with Crippen LogP contribution in [0.5, 0.6) is 0 Å². The van der Waals surface area contributed by atoms with E-state index in [1.165, 1.54) is 10.6 Å². The second-order valence-electron chi connectivity index (χ2n) is 6.01. The van der Waals surface area contributed by atoms with Gasteiger partial charge in [-0.1, -0.05) is 53.6 Å². The minimum atomic E-state index is -0.403. The van der Waals surface area contributed by atoms with Crippen molar-refractivity contribution in [3.8, 4) is 0 Å². The van der Waals surface area contributed by atoms with Gasteiger partial charge in [-0.25, -0.2) is 5.84 Å². The predicted octanol–water partition coefficient (Wildman–Crippen LogP) is 3.82. The van der Waals surface area contributed by atoms with E-state index in [-0.39, 0.29) is 65.8 Å². The third-order valence-corrected chi connectivity index (χ3v) is 3.19. The average molecular weight is 434 g/mol. The number of carbonyl (C=O) groups is 1. The second-order valence-corrected chi connectivity index (χ2v) is 6.45. The number of hydrogen-bond donors (Lipinski definition) is 1. The van der Waals surface area contributed by atoms with Gasteiger partial charge in [0.15, 0.2) is 0 Å². The summed E-state index contributed by atoms with van der Waals surface area (Å²) >= 11 is 5.80. The number of aryl methyl sites for hydroxylation is 1. The van der Waals surface area contributed by atoms with Crippen molar-refractivity contribution in [3.63, 3.8) is 0 Å². The molecule has 2 rings (SSSR count). The molecular formula is C18H28Cl3N2NaO2. The molecule has 4 N–H and O–H groups in total. The number of carbonyl (C=O) groups excluding carboxylic acids is 1. The molecule has 0 radical (unpaired) electrons. The molecule has 4 nitrogen and oxygen atoms in total. The maximum atomic E-state index is 11.9. The summed E-state index contributed by atoms with van der Waals surface area (Å²) in [7, 11) is 0. The van der Waals surface area contributed by atoms with Gasteiger partial charge >= 0.3 is 29.6 Å². The van der Waals surface area contributed by atoms with Crippen molar-refractivity contribution < 1.29 is 10.3 Å². The Kier molecular flexibility index (Phi) is 20.1. The van der Waals surface area contributed by atoms with E-state index in [4.69, 9.17) is 17.4 Å². The van der Waals surface area contributed by atoms with Crippen LogP contribution >= 0.6 is 36.4 Å². The first-order valence-corrected chi connectivity index (χ1v) is 7.46. The third-order valence-electron chi connectivity index (χ3n) is 2.95. The van der Waals surface area contributed by atoms with E-state index < -0.39 is 5.54 Å². The molecule has 144 valence electrons. The molecule has 0 atom stereocenters. The molecule has 8 heteroatoms. The minimum absolute atomic E-state index is 0. The van der Waals surface area contributed by atoms with Crippen LogP contribution in [0, 0.1) is 6.92 Å². The zero-order chi connectivity index (χ0) is 16.8. The van der Waals surface area contributed by atoms with Gasteiger partial charge in [-0.05, 0) is 45.9 Å². The Hall–Kier alpha value is -0.300. The second kappa shape index (κ2) is 15.7. The summed E-state index contributed by atoms with van der Waals surface area (Å²) in [6.07, 6.45) is 0. The first-order chi connectivity index (χ1) is 10.2. The molecule has 0 bridgehead atoms. The van der Waals surface area contributed by atoms with Crippen molar-refractivity contribution in [2.75, 3.05) is 0 Å². The number of nitrogens with zero attached hydrogens (tertiary/aromatic N) is 1. The Bertz CT molecular complexity index is 623. The van der Waals surface area contributed by atoms with Crippen LogP contribution in [0.3, 0.4) is 0 Å². The summed E-state index contributed by atoms with van der Waals surface area (Å²) in [4.78, 5) is 11.9. The molecule has 2 aromatic rings. The van der Waals surface area contributed by atoms with Crippen LogP contribution in [-0.4, -0.2) is 51.5 Å². The monoisotopic (exact) mass is 432 g/mol. The molecule has 0 spiro atoms.